The first-order valence-electron chi connectivity index (χ1n) is 8.30. The Morgan fingerprint density at radius 2 is 2.00 bits per heavy atom. The zero-order valence-electron chi connectivity index (χ0n) is 15.4. The van der Waals surface area contributed by atoms with Gasteiger partial charge >= 0.3 is 6.09 Å². The molecule has 1 saturated heterocycles. The lowest BCUT2D eigenvalue weighted by molar-refractivity contribution is 0.00532. The molecule has 1 heterocycles. The Balaban J connectivity index is 2.55. The molecule has 0 bridgehead atoms. The van der Waals surface area contributed by atoms with Gasteiger partial charge in [-0.1, -0.05) is 6.92 Å². The van der Waals surface area contributed by atoms with Gasteiger partial charge in [0.15, 0.2) is 0 Å². The third kappa shape index (κ3) is 6.13. The number of hydrogen-bond acceptors (Lipinski definition) is 4. The highest BCUT2D eigenvalue weighted by Crippen LogP contribution is 2.29. The molecule has 1 fully saturated rings. The molecule has 1 amide bonds. The molecule has 1 rings (SSSR count). The van der Waals surface area contributed by atoms with Gasteiger partial charge in [-0.15, -0.1) is 0 Å². The molecule has 0 spiro atoms. The summed E-state index contributed by atoms with van der Waals surface area (Å²) >= 11 is 0. The van der Waals surface area contributed by atoms with Crippen molar-refractivity contribution in [3.8, 4) is 0 Å². The molecular weight excluding hydrogens is 280 g/mol. The molecule has 0 aliphatic carbocycles. The number of carbonyl (C=O) groups excluding carboxylic acids is 1. The number of nitrogens with one attached hydrogen (secondary N) is 1. The molecule has 0 radical (unpaired) electrons. The summed E-state index contributed by atoms with van der Waals surface area (Å²) < 4.78 is 10.9. The minimum Gasteiger partial charge on any atom is -0.444 e. The van der Waals surface area contributed by atoms with Crippen LogP contribution in [0.15, 0.2) is 0 Å². The molecule has 1 N–H and O–H groups in total. The number of methoxy groups -OCH3 is 1. The third-order valence-corrected chi connectivity index (χ3v) is 4.36. The summed E-state index contributed by atoms with van der Waals surface area (Å²) in [6, 6.07) is 0.290. The maximum Gasteiger partial charge on any atom is 0.410 e. The fourth-order valence-corrected chi connectivity index (χ4v) is 2.72. The van der Waals surface area contributed by atoms with E-state index in [1.54, 1.807) is 7.11 Å². The van der Waals surface area contributed by atoms with E-state index in [1.165, 1.54) is 0 Å². The number of amides is 1. The Hall–Kier alpha value is -0.810. The molecule has 0 aromatic rings. The van der Waals surface area contributed by atoms with Crippen LogP contribution in [-0.4, -0.2) is 55.5 Å². The Morgan fingerprint density at radius 1 is 1.36 bits per heavy atom. The fourth-order valence-electron chi connectivity index (χ4n) is 2.72. The molecule has 5 nitrogen and oxygen atoms in total. The lowest BCUT2D eigenvalue weighted by Crippen LogP contribution is -2.52. The molecule has 5 heteroatoms. The van der Waals surface area contributed by atoms with Gasteiger partial charge in [0.05, 0.1) is 6.10 Å². The van der Waals surface area contributed by atoms with E-state index in [2.05, 4.69) is 26.1 Å². The van der Waals surface area contributed by atoms with Crippen LogP contribution in [0.1, 0.15) is 54.4 Å². The molecule has 3 atom stereocenters. The van der Waals surface area contributed by atoms with Gasteiger partial charge in [-0.3, -0.25) is 0 Å². The maximum atomic E-state index is 12.3. The van der Waals surface area contributed by atoms with E-state index >= 15 is 0 Å². The van der Waals surface area contributed by atoms with Gasteiger partial charge in [0, 0.05) is 32.8 Å². The third-order valence-electron chi connectivity index (χ3n) is 4.36. The smallest absolute Gasteiger partial charge is 0.410 e. The van der Waals surface area contributed by atoms with Gasteiger partial charge in [0.1, 0.15) is 5.60 Å². The van der Waals surface area contributed by atoms with Gasteiger partial charge < -0.3 is 19.7 Å². The van der Waals surface area contributed by atoms with E-state index in [0.29, 0.717) is 6.04 Å². The molecule has 1 aliphatic heterocycles. The normalized spacial score (nSPS) is 25.7. The van der Waals surface area contributed by atoms with Crippen molar-refractivity contribution in [2.45, 2.75) is 72.1 Å². The summed E-state index contributed by atoms with van der Waals surface area (Å²) in [7, 11) is 1.73. The molecule has 22 heavy (non-hydrogen) atoms. The van der Waals surface area contributed by atoms with Crippen molar-refractivity contribution in [2.24, 2.45) is 5.41 Å². The highest BCUT2D eigenvalue weighted by Gasteiger charge is 2.35. The van der Waals surface area contributed by atoms with E-state index in [4.69, 9.17) is 9.47 Å². The number of nitrogens with zero attached hydrogens (tertiary/aromatic N) is 1. The van der Waals surface area contributed by atoms with Crippen LogP contribution in [0, 0.1) is 5.41 Å². The standard InChI is InChI=1S/C17H34N2O3/c1-13(14(2)21-7)18-11-17(6)9-8-10-19(12-17)15(20)22-16(3,4)5/h13-14,18H,8-12H2,1-7H3. The quantitative estimate of drug-likeness (QED) is 0.847. The number of carbonyl (C=O) groups is 1. The predicted molar refractivity (Wildman–Crippen MR) is 89.1 cm³/mol. The van der Waals surface area contributed by atoms with Crippen LogP contribution in [-0.2, 0) is 9.47 Å². The first-order valence-corrected chi connectivity index (χ1v) is 8.30. The second-order valence-corrected chi connectivity index (χ2v) is 7.93. The predicted octanol–water partition coefficient (Wildman–Crippen LogP) is 3.04. The van der Waals surface area contributed by atoms with Crippen molar-refractivity contribution in [3.63, 3.8) is 0 Å². The Morgan fingerprint density at radius 3 is 2.55 bits per heavy atom. The zero-order chi connectivity index (χ0) is 17.0. The summed E-state index contributed by atoms with van der Waals surface area (Å²) in [6.07, 6.45) is 2.12. The van der Waals surface area contributed by atoms with Crippen molar-refractivity contribution in [1.29, 1.82) is 0 Å². The summed E-state index contributed by atoms with van der Waals surface area (Å²) in [6.45, 7) is 14.6. The first-order chi connectivity index (χ1) is 10.1. The minimum atomic E-state index is -0.439. The van der Waals surface area contributed by atoms with Gasteiger partial charge in [0.2, 0.25) is 0 Å². The van der Waals surface area contributed by atoms with Crippen LogP contribution in [0.4, 0.5) is 4.79 Å². The second-order valence-electron chi connectivity index (χ2n) is 7.93. The highest BCUT2D eigenvalue weighted by molar-refractivity contribution is 5.68. The SMILES string of the molecule is COC(C)C(C)NCC1(C)CCCN(C(=O)OC(C)(C)C)C1. The van der Waals surface area contributed by atoms with Crippen LogP contribution in [0.5, 0.6) is 0 Å². The van der Waals surface area contributed by atoms with Crippen molar-refractivity contribution in [1.82, 2.24) is 10.2 Å². The number of ether oxygens (including phenoxy) is 2. The van der Waals surface area contributed by atoms with Crippen LogP contribution >= 0.6 is 0 Å². The lowest BCUT2D eigenvalue weighted by atomic mass is 9.81. The van der Waals surface area contributed by atoms with Crippen LogP contribution in [0.25, 0.3) is 0 Å². The molecule has 3 unspecified atom stereocenters. The second kappa shape index (κ2) is 7.64. The van der Waals surface area contributed by atoms with E-state index in [9.17, 15) is 4.79 Å². The van der Waals surface area contributed by atoms with Gasteiger partial charge in [-0.25, -0.2) is 4.79 Å². The van der Waals surface area contributed by atoms with Crippen LogP contribution in [0.3, 0.4) is 0 Å². The number of piperidine rings is 1. The Kier molecular flexibility index (Phi) is 6.68. The number of rotatable bonds is 5. The maximum absolute atomic E-state index is 12.3. The topological polar surface area (TPSA) is 50.8 Å². The average molecular weight is 314 g/mol. The largest absolute Gasteiger partial charge is 0.444 e. The monoisotopic (exact) mass is 314 g/mol. The summed E-state index contributed by atoms with van der Waals surface area (Å²) in [5.74, 6) is 0. The Labute approximate surface area is 135 Å². The van der Waals surface area contributed by atoms with E-state index in [-0.39, 0.29) is 17.6 Å². The molecule has 1 aliphatic rings. The summed E-state index contributed by atoms with van der Waals surface area (Å²) in [5, 5.41) is 3.55. The molecular formula is C17H34N2O3. The van der Waals surface area contributed by atoms with Crippen molar-refractivity contribution < 1.29 is 14.3 Å². The lowest BCUT2D eigenvalue weighted by Gasteiger charge is -2.41. The molecule has 0 aromatic carbocycles. The zero-order valence-corrected chi connectivity index (χ0v) is 15.4. The van der Waals surface area contributed by atoms with Crippen molar-refractivity contribution in [3.05, 3.63) is 0 Å². The van der Waals surface area contributed by atoms with Gasteiger partial charge in [-0.2, -0.15) is 0 Å². The number of likely N-dealkylation sites (tertiary alicyclic amines) is 1. The molecule has 0 saturated carbocycles. The van der Waals surface area contributed by atoms with Crippen LogP contribution in [0.2, 0.25) is 0 Å². The van der Waals surface area contributed by atoms with Crippen LogP contribution < -0.4 is 5.32 Å². The fraction of sp³-hybridized carbons (Fsp3) is 0.941. The summed E-state index contributed by atoms with van der Waals surface area (Å²) in [5.41, 5.74) is -0.359. The van der Waals surface area contributed by atoms with E-state index < -0.39 is 5.60 Å². The van der Waals surface area contributed by atoms with Crippen molar-refractivity contribution in [2.75, 3.05) is 26.7 Å². The minimum absolute atomic E-state index is 0.0802. The average Bonchev–Trinajstić information content (AvgIpc) is 2.42. The summed E-state index contributed by atoms with van der Waals surface area (Å²) in [4.78, 5) is 14.1. The van der Waals surface area contributed by atoms with E-state index in [1.807, 2.05) is 25.7 Å². The number of hydrogen-bond donors (Lipinski definition) is 1. The van der Waals surface area contributed by atoms with Gasteiger partial charge in [-0.05, 0) is 52.9 Å². The first kappa shape index (κ1) is 19.2. The molecule has 0 aromatic heterocycles. The van der Waals surface area contributed by atoms with Gasteiger partial charge in [0.25, 0.3) is 0 Å². The Bertz CT molecular complexity index is 367. The van der Waals surface area contributed by atoms with E-state index in [0.717, 1.165) is 32.5 Å². The highest BCUT2D eigenvalue weighted by atomic mass is 16.6. The van der Waals surface area contributed by atoms with Crippen molar-refractivity contribution >= 4 is 6.09 Å². The molecule has 130 valence electrons.